The molecule has 0 N–H and O–H groups in total. The van der Waals surface area contributed by atoms with E-state index in [1.54, 1.807) is 0 Å². The van der Waals surface area contributed by atoms with Crippen molar-refractivity contribution in [3.63, 3.8) is 0 Å². The maximum absolute atomic E-state index is 6.67. The summed E-state index contributed by atoms with van der Waals surface area (Å²) in [5, 5.41) is 4.47. The van der Waals surface area contributed by atoms with Gasteiger partial charge in [0.05, 0.1) is 22.1 Å². The van der Waals surface area contributed by atoms with Gasteiger partial charge in [-0.3, -0.25) is 0 Å². The zero-order chi connectivity index (χ0) is 27.5. The molecule has 0 spiro atoms. The van der Waals surface area contributed by atoms with E-state index in [2.05, 4.69) is 120 Å². The van der Waals surface area contributed by atoms with Crippen LogP contribution in [-0.4, -0.2) is 19.1 Å². The fraction of sp³-hybridized carbons (Fsp3) is 0.0556. The van der Waals surface area contributed by atoms with Crippen molar-refractivity contribution in [3.05, 3.63) is 121 Å². The van der Waals surface area contributed by atoms with Gasteiger partial charge >= 0.3 is 0 Å². The number of benzene rings is 6. The first-order chi connectivity index (χ1) is 20.1. The smallest absolute Gasteiger partial charge is 0.141 e. The lowest BCUT2D eigenvalue weighted by Crippen LogP contribution is -1.96. The molecule has 5 heteroatoms. The summed E-state index contributed by atoms with van der Waals surface area (Å²) in [5.74, 6) is 3.34. The molecular formula is C36H26N4O. The number of ether oxygens (including phenoxy) is 1. The first-order valence-electron chi connectivity index (χ1n) is 13.7. The normalized spacial score (nSPS) is 11.7. The average molecular weight is 531 g/mol. The summed E-state index contributed by atoms with van der Waals surface area (Å²) in [4.78, 5) is 10.0. The maximum Gasteiger partial charge on any atom is 0.141 e. The molecule has 8 aromatic rings. The number of para-hydroxylation sites is 4. The summed E-state index contributed by atoms with van der Waals surface area (Å²) < 4.78 is 11.0. The van der Waals surface area contributed by atoms with E-state index in [0.29, 0.717) is 0 Å². The van der Waals surface area contributed by atoms with Gasteiger partial charge < -0.3 is 13.9 Å². The van der Waals surface area contributed by atoms with Gasteiger partial charge in [0.25, 0.3) is 0 Å². The quantitative estimate of drug-likeness (QED) is 0.228. The molecule has 2 heterocycles. The van der Waals surface area contributed by atoms with Gasteiger partial charge in [0.1, 0.15) is 23.1 Å². The highest BCUT2D eigenvalue weighted by molar-refractivity contribution is 5.99. The molecule has 0 unspecified atom stereocenters. The van der Waals surface area contributed by atoms with Gasteiger partial charge in [0.15, 0.2) is 0 Å². The summed E-state index contributed by atoms with van der Waals surface area (Å²) in [6.07, 6.45) is 0. The van der Waals surface area contributed by atoms with Crippen molar-refractivity contribution < 1.29 is 4.74 Å². The average Bonchev–Trinajstić information content (AvgIpc) is 3.53. The second kappa shape index (κ2) is 9.07. The third kappa shape index (κ3) is 3.78. The van der Waals surface area contributed by atoms with E-state index in [9.17, 15) is 0 Å². The number of rotatable bonds is 4. The first-order valence-corrected chi connectivity index (χ1v) is 13.7. The third-order valence-corrected chi connectivity index (χ3v) is 7.96. The van der Waals surface area contributed by atoms with Crippen molar-refractivity contribution in [2.24, 2.45) is 14.1 Å². The first kappa shape index (κ1) is 23.5. The lowest BCUT2D eigenvalue weighted by molar-refractivity contribution is 0.484. The third-order valence-electron chi connectivity index (χ3n) is 7.96. The minimum absolute atomic E-state index is 0.761. The van der Waals surface area contributed by atoms with Crippen molar-refractivity contribution in [1.82, 2.24) is 19.1 Å². The van der Waals surface area contributed by atoms with Crippen LogP contribution in [0.5, 0.6) is 11.5 Å². The molecule has 0 atom stereocenters. The Kier molecular flexibility index (Phi) is 5.19. The molecule has 8 rings (SSSR count). The minimum Gasteiger partial charge on any atom is -0.457 e. The Hall–Kier alpha value is -5.42. The molecule has 5 nitrogen and oxygen atoms in total. The van der Waals surface area contributed by atoms with E-state index < -0.39 is 0 Å². The van der Waals surface area contributed by atoms with Crippen molar-refractivity contribution in [1.29, 1.82) is 0 Å². The fourth-order valence-corrected chi connectivity index (χ4v) is 5.96. The minimum atomic E-state index is 0.761. The molecule has 0 amide bonds. The Morgan fingerprint density at radius 2 is 0.902 bits per heavy atom. The summed E-state index contributed by atoms with van der Waals surface area (Å²) >= 11 is 0. The largest absolute Gasteiger partial charge is 0.457 e. The van der Waals surface area contributed by atoms with Crippen molar-refractivity contribution in [3.8, 4) is 34.3 Å². The predicted octanol–water partition coefficient (Wildman–Crippen LogP) is 8.89. The highest BCUT2D eigenvalue weighted by Crippen LogP contribution is 2.39. The second-order valence-electron chi connectivity index (χ2n) is 10.5. The molecule has 41 heavy (non-hydrogen) atoms. The summed E-state index contributed by atoms with van der Waals surface area (Å²) in [6.45, 7) is 0. The van der Waals surface area contributed by atoms with Crippen molar-refractivity contribution >= 4 is 43.6 Å². The second-order valence-corrected chi connectivity index (χ2v) is 10.5. The van der Waals surface area contributed by atoms with Gasteiger partial charge in [-0.15, -0.1) is 0 Å². The van der Waals surface area contributed by atoms with Gasteiger partial charge in [-0.1, -0.05) is 72.8 Å². The van der Waals surface area contributed by atoms with Crippen LogP contribution in [0, 0.1) is 0 Å². The van der Waals surface area contributed by atoms with Crippen LogP contribution in [0.1, 0.15) is 0 Å². The molecule has 6 aromatic carbocycles. The molecule has 0 aliphatic carbocycles. The van der Waals surface area contributed by atoms with Gasteiger partial charge in [-0.2, -0.15) is 0 Å². The van der Waals surface area contributed by atoms with Crippen LogP contribution < -0.4 is 4.74 Å². The Morgan fingerprint density at radius 1 is 0.488 bits per heavy atom. The molecule has 0 saturated carbocycles. The van der Waals surface area contributed by atoms with Crippen LogP contribution in [-0.2, 0) is 14.1 Å². The summed E-state index contributed by atoms with van der Waals surface area (Å²) in [6, 6.07) is 41.7. The lowest BCUT2D eigenvalue weighted by atomic mass is 10.0. The van der Waals surface area contributed by atoms with Crippen LogP contribution in [0.25, 0.3) is 66.4 Å². The van der Waals surface area contributed by atoms with Crippen LogP contribution >= 0.6 is 0 Å². The van der Waals surface area contributed by atoms with E-state index in [0.717, 1.165) is 77.9 Å². The van der Waals surface area contributed by atoms with E-state index in [1.165, 1.54) is 0 Å². The van der Waals surface area contributed by atoms with E-state index in [4.69, 9.17) is 14.7 Å². The number of aromatic nitrogens is 4. The molecule has 2 aromatic heterocycles. The number of aryl methyl sites for hydroxylation is 2. The number of nitrogens with zero attached hydrogens (tertiary/aromatic N) is 4. The van der Waals surface area contributed by atoms with Gasteiger partial charge in [0, 0.05) is 25.2 Å². The van der Waals surface area contributed by atoms with Gasteiger partial charge in [0.2, 0.25) is 0 Å². The number of imidazole rings is 2. The lowest BCUT2D eigenvalue weighted by Gasteiger charge is -2.14. The number of hydrogen-bond acceptors (Lipinski definition) is 3. The Bertz CT molecular complexity index is 2110. The van der Waals surface area contributed by atoms with Gasteiger partial charge in [-0.25, -0.2) is 9.97 Å². The monoisotopic (exact) mass is 530 g/mol. The van der Waals surface area contributed by atoms with Crippen molar-refractivity contribution in [2.75, 3.05) is 0 Å². The fourth-order valence-electron chi connectivity index (χ4n) is 5.96. The van der Waals surface area contributed by atoms with Crippen molar-refractivity contribution in [2.45, 2.75) is 0 Å². The molecule has 0 bridgehead atoms. The summed E-state index contributed by atoms with van der Waals surface area (Å²) in [7, 11) is 4.14. The standard InChI is InChI=1S/C36H26N4O/c1-39-33-17-9-7-15-31(33)37-35(39)29-21-25(19-23-11-3-5-13-27(23)29)41-26-20-24-12-4-6-14-28(24)30(22-26)36-38-32-16-8-10-18-34(32)40(36)2/h3-22H,1-2H3. The van der Waals surface area contributed by atoms with Crippen LogP contribution in [0.4, 0.5) is 0 Å². The molecule has 0 saturated heterocycles. The highest BCUT2D eigenvalue weighted by Gasteiger charge is 2.17. The van der Waals surface area contributed by atoms with E-state index in [1.807, 2.05) is 24.3 Å². The Labute approximate surface area is 236 Å². The molecular weight excluding hydrogens is 504 g/mol. The highest BCUT2D eigenvalue weighted by atomic mass is 16.5. The van der Waals surface area contributed by atoms with E-state index in [-0.39, 0.29) is 0 Å². The molecule has 196 valence electrons. The molecule has 0 aliphatic rings. The molecule has 0 fully saturated rings. The summed E-state index contributed by atoms with van der Waals surface area (Å²) in [5.41, 5.74) is 6.21. The van der Waals surface area contributed by atoms with Gasteiger partial charge in [-0.05, 0) is 70.1 Å². The van der Waals surface area contributed by atoms with Crippen LogP contribution in [0.15, 0.2) is 121 Å². The predicted molar refractivity (Wildman–Crippen MR) is 167 cm³/mol. The zero-order valence-electron chi connectivity index (χ0n) is 22.7. The Balaban J connectivity index is 1.30. The van der Waals surface area contributed by atoms with Crippen LogP contribution in [0.2, 0.25) is 0 Å². The number of hydrogen-bond donors (Lipinski definition) is 0. The van der Waals surface area contributed by atoms with E-state index >= 15 is 0 Å². The topological polar surface area (TPSA) is 44.9 Å². The maximum atomic E-state index is 6.67. The molecule has 0 radical (unpaired) electrons. The zero-order valence-corrected chi connectivity index (χ0v) is 22.7. The number of fused-ring (bicyclic) bond motifs is 4. The SMILES string of the molecule is Cn1c(-c2cc(Oc3cc(-c4nc5ccccc5n4C)c4ccccc4c3)cc3ccccc23)nc2ccccc21. The Morgan fingerprint density at radius 3 is 1.37 bits per heavy atom. The van der Waals surface area contributed by atoms with Crippen LogP contribution in [0.3, 0.4) is 0 Å². The molecule has 0 aliphatic heterocycles.